The number of nitrogens with one attached hydrogen (secondary N) is 3. The number of thioether (sulfide) groups is 1. The van der Waals surface area contributed by atoms with Gasteiger partial charge in [0.1, 0.15) is 5.54 Å². The van der Waals surface area contributed by atoms with E-state index in [-0.39, 0.29) is 11.8 Å². The third-order valence-electron chi connectivity index (χ3n) is 5.82. The average Bonchev–Trinajstić information content (AvgIpc) is 3.09. The molecule has 3 N–H and O–H groups in total. The Hall–Kier alpha value is -2.88. The molecule has 2 fully saturated rings. The summed E-state index contributed by atoms with van der Waals surface area (Å²) in [5, 5.41) is 7.96. The van der Waals surface area contributed by atoms with Crippen LogP contribution in [0.15, 0.2) is 53.4 Å². The first-order chi connectivity index (χ1) is 15.9. The van der Waals surface area contributed by atoms with Gasteiger partial charge in [-0.25, -0.2) is 4.79 Å². The summed E-state index contributed by atoms with van der Waals surface area (Å²) in [5.74, 6) is -0.222. The zero-order valence-electron chi connectivity index (χ0n) is 18.6. The highest BCUT2D eigenvalue weighted by Gasteiger charge is 2.41. The lowest BCUT2D eigenvalue weighted by molar-refractivity contribution is -0.122. The lowest BCUT2D eigenvalue weighted by atomic mass is 10.1. The van der Waals surface area contributed by atoms with E-state index in [4.69, 9.17) is 4.74 Å². The highest BCUT2D eigenvalue weighted by atomic mass is 32.2. The number of imide groups is 1. The van der Waals surface area contributed by atoms with Gasteiger partial charge in [-0.15, -0.1) is 11.8 Å². The molecule has 2 aromatic rings. The largest absolute Gasteiger partial charge is 0.379 e. The molecular formula is C24H28N4O4S. The molecule has 2 aromatic carbocycles. The number of nitrogens with zero attached hydrogens (tertiary/aromatic N) is 1. The van der Waals surface area contributed by atoms with Crippen molar-refractivity contribution in [3.8, 4) is 0 Å². The molecule has 2 aliphatic heterocycles. The van der Waals surface area contributed by atoms with E-state index in [0.29, 0.717) is 17.9 Å². The van der Waals surface area contributed by atoms with Crippen LogP contribution in [0.4, 0.5) is 4.79 Å². The van der Waals surface area contributed by atoms with Crippen LogP contribution in [0.2, 0.25) is 0 Å². The van der Waals surface area contributed by atoms with Gasteiger partial charge in [0.15, 0.2) is 0 Å². The molecule has 0 saturated carbocycles. The van der Waals surface area contributed by atoms with Crippen molar-refractivity contribution in [1.29, 1.82) is 0 Å². The fraction of sp³-hybridized carbons (Fsp3) is 0.375. The lowest BCUT2D eigenvalue weighted by Gasteiger charge is -2.27. The van der Waals surface area contributed by atoms with Gasteiger partial charge >= 0.3 is 6.03 Å². The molecule has 0 aromatic heterocycles. The summed E-state index contributed by atoms with van der Waals surface area (Å²) in [5.41, 5.74) is 1.81. The summed E-state index contributed by atoms with van der Waals surface area (Å²) in [4.78, 5) is 39.7. The van der Waals surface area contributed by atoms with Gasteiger partial charge in [0.2, 0.25) is 0 Å². The number of benzene rings is 2. The smallest absolute Gasteiger partial charge is 0.322 e. The van der Waals surface area contributed by atoms with E-state index in [0.717, 1.165) is 43.3 Å². The van der Waals surface area contributed by atoms with Crippen LogP contribution < -0.4 is 16.0 Å². The minimum atomic E-state index is -1.01. The molecule has 9 heteroatoms. The van der Waals surface area contributed by atoms with Gasteiger partial charge in [0.05, 0.1) is 18.8 Å². The molecule has 1 unspecified atom stereocenters. The van der Waals surface area contributed by atoms with Crippen molar-refractivity contribution >= 4 is 29.6 Å². The Morgan fingerprint density at radius 3 is 2.52 bits per heavy atom. The van der Waals surface area contributed by atoms with Gasteiger partial charge < -0.3 is 15.4 Å². The molecular weight excluding hydrogens is 440 g/mol. The Bertz CT molecular complexity index is 1040. The number of amides is 4. The highest BCUT2D eigenvalue weighted by Crippen LogP contribution is 2.27. The zero-order chi connectivity index (χ0) is 23.3. The Morgan fingerprint density at radius 2 is 1.79 bits per heavy atom. The zero-order valence-corrected chi connectivity index (χ0v) is 19.4. The van der Waals surface area contributed by atoms with Gasteiger partial charge in [-0.3, -0.25) is 19.8 Å². The van der Waals surface area contributed by atoms with Gasteiger partial charge in [-0.2, -0.15) is 0 Å². The summed E-state index contributed by atoms with van der Waals surface area (Å²) in [6.45, 7) is 6.23. The molecule has 4 rings (SSSR count). The third kappa shape index (κ3) is 5.73. The summed E-state index contributed by atoms with van der Waals surface area (Å²) in [6.07, 6.45) is 0. The van der Waals surface area contributed by atoms with Crippen LogP contribution in [0.3, 0.4) is 0 Å². The van der Waals surface area contributed by atoms with Crippen molar-refractivity contribution in [2.24, 2.45) is 0 Å². The third-order valence-corrected chi connectivity index (χ3v) is 7.21. The summed E-state index contributed by atoms with van der Waals surface area (Å²) >= 11 is 1.37. The van der Waals surface area contributed by atoms with Crippen molar-refractivity contribution in [2.75, 3.05) is 32.1 Å². The number of carbonyl (C=O) groups is 3. The van der Waals surface area contributed by atoms with Crippen molar-refractivity contribution in [3.05, 3.63) is 65.2 Å². The molecule has 2 heterocycles. The number of urea groups is 1. The van der Waals surface area contributed by atoms with Gasteiger partial charge in [-0.05, 0) is 30.2 Å². The van der Waals surface area contributed by atoms with Crippen molar-refractivity contribution in [2.45, 2.75) is 30.4 Å². The first-order valence-electron chi connectivity index (χ1n) is 11.0. The molecule has 0 bridgehead atoms. The Morgan fingerprint density at radius 1 is 1.09 bits per heavy atom. The molecule has 33 heavy (non-hydrogen) atoms. The Balaban J connectivity index is 1.40. The van der Waals surface area contributed by atoms with Crippen LogP contribution in [0.25, 0.3) is 0 Å². The van der Waals surface area contributed by atoms with Crippen molar-refractivity contribution in [3.63, 3.8) is 0 Å². The standard InChI is InChI=1S/C24H28N4O4S/c1-24(22(30)26-23(31)27-24)16-33-20-9-5-4-8-19(20)21(29)25-14-17-6-2-3-7-18(17)15-28-10-12-32-13-11-28/h2-9H,10-16H2,1H3,(H,25,29)(H2,26,27,30,31). The quantitative estimate of drug-likeness (QED) is 0.406. The first kappa shape index (κ1) is 23.3. The molecule has 0 spiro atoms. The topological polar surface area (TPSA) is 99.8 Å². The van der Waals surface area contributed by atoms with Crippen molar-refractivity contribution < 1.29 is 19.1 Å². The van der Waals surface area contributed by atoms with Crippen LogP contribution in [0, 0.1) is 0 Å². The molecule has 0 aliphatic carbocycles. The second-order valence-corrected chi connectivity index (χ2v) is 9.38. The van der Waals surface area contributed by atoms with E-state index in [9.17, 15) is 14.4 Å². The van der Waals surface area contributed by atoms with E-state index in [2.05, 4.69) is 26.9 Å². The van der Waals surface area contributed by atoms with Gasteiger partial charge in [0, 0.05) is 36.8 Å². The van der Waals surface area contributed by atoms with E-state index in [1.54, 1.807) is 13.0 Å². The molecule has 2 aliphatic rings. The molecule has 4 amide bonds. The predicted molar refractivity (Wildman–Crippen MR) is 126 cm³/mol. The monoisotopic (exact) mass is 468 g/mol. The summed E-state index contributed by atoms with van der Waals surface area (Å²) in [6, 6.07) is 14.9. The number of carbonyl (C=O) groups excluding carboxylic acids is 3. The van der Waals surface area contributed by atoms with E-state index >= 15 is 0 Å². The number of morpholine rings is 1. The Kier molecular flexibility index (Phi) is 7.32. The van der Waals surface area contributed by atoms with Crippen LogP contribution in [-0.4, -0.2) is 60.3 Å². The van der Waals surface area contributed by atoms with E-state index in [1.165, 1.54) is 17.3 Å². The second kappa shape index (κ2) is 10.4. The molecule has 8 nitrogen and oxygen atoms in total. The number of rotatable bonds is 8. The Labute approximate surface area is 197 Å². The average molecular weight is 469 g/mol. The SMILES string of the molecule is CC1(CSc2ccccc2C(=O)NCc2ccccc2CN2CCOCC2)NC(=O)NC1=O. The van der Waals surface area contributed by atoms with E-state index < -0.39 is 11.6 Å². The minimum absolute atomic E-state index is 0.177. The molecule has 0 radical (unpaired) electrons. The maximum Gasteiger partial charge on any atom is 0.322 e. The fourth-order valence-corrected chi connectivity index (χ4v) is 4.98. The lowest BCUT2D eigenvalue weighted by Crippen LogP contribution is -2.46. The molecule has 2 saturated heterocycles. The first-order valence-corrected chi connectivity index (χ1v) is 11.9. The molecule has 1 atom stereocenters. The van der Waals surface area contributed by atoms with Crippen molar-refractivity contribution in [1.82, 2.24) is 20.9 Å². The maximum absolute atomic E-state index is 13.0. The van der Waals surface area contributed by atoms with Crippen LogP contribution >= 0.6 is 11.8 Å². The predicted octanol–water partition coefficient (Wildman–Crippen LogP) is 2.14. The highest BCUT2D eigenvalue weighted by molar-refractivity contribution is 7.99. The van der Waals surface area contributed by atoms with Gasteiger partial charge in [-0.1, -0.05) is 36.4 Å². The van der Waals surface area contributed by atoms with Crippen LogP contribution in [0.5, 0.6) is 0 Å². The number of hydrogen-bond donors (Lipinski definition) is 3. The maximum atomic E-state index is 13.0. The number of ether oxygens (including phenoxy) is 1. The van der Waals surface area contributed by atoms with Gasteiger partial charge in [0.25, 0.3) is 11.8 Å². The minimum Gasteiger partial charge on any atom is -0.379 e. The van der Waals surface area contributed by atoms with Crippen LogP contribution in [-0.2, 0) is 22.6 Å². The normalized spacial score (nSPS) is 20.9. The summed E-state index contributed by atoms with van der Waals surface area (Å²) < 4.78 is 5.43. The second-order valence-electron chi connectivity index (χ2n) is 8.37. The van der Waals surface area contributed by atoms with E-state index in [1.807, 2.05) is 36.4 Å². The molecule has 174 valence electrons. The van der Waals surface area contributed by atoms with Crippen LogP contribution in [0.1, 0.15) is 28.4 Å². The fourth-order valence-electron chi connectivity index (χ4n) is 3.84. The summed E-state index contributed by atoms with van der Waals surface area (Å²) in [7, 11) is 0. The number of hydrogen-bond acceptors (Lipinski definition) is 6.